The standard InChI is InChI=1S/C24H18N2O6/c1-31-20-9-4-3-8-19(20)26-22(28)17-11-10-14(13-18(17)23(26)29)21(27)25-16-7-5-6-15(12-16)24(30)32-2/h3-13H,1-2H3,(H,25,27). The molecule has 3 amide bonds. The van der Waals surface area contributed by atoms with Crippen LogP contribution in [0.3, 0.4) is 0 Å². The highest BCUT2D eigenvalue weighted by Crippen LogP contribution is 2.35. The number of carbonyl (C=O) groups excluding carboxylic acids is 4. The van der Waals surface area contributed by atoms with Gasteiger partial charge in [-0.05, 0) is 48.5 Å². The van der Waals surface area contributed by atoms with Crippen molar-refractivity contribution in [3.63, 3.8) is 0 Å². The molecule has 0 bridgehead atoms. The number of rotatable bonds is 5. The number of carbonyl (C=O) groups is 4. The second-order valence-electron chi connectivity index (χ2n) is 6.90. The van der Waals surface area contributed by atoms with Crippen LogP contribution in [0.2, 0.25) is 0 Å². The van der Waals surface area contributed by atoms with Crippen LogP contribution in [0.15, 0.2) is 66.7 Å². The number of nitrogens with one attached hydrogen (secondary N) is 1. The first-order valence-corrected chi connectivity index (χ1v) is 9.60. The van der Waals surface area contributed by atoms with Gasteiger partial charge in [-0.25, -0.2) is 9.69 Å². The molecule has 3 aromatic rings. The fourth-order valence-electron chi connectivity index (χ4n) is 3.46. The minimum absolute atomic E-state index is 0.122. The maximum Gasteiger partial charge on any atom is 0.337 e. The van der Waals surface area contributed by atoms with E-state index in [9.17, 15) is 19.2 Å². The number of anilines is 2. The van der Waals surface area contributed by atoms with Crippen molar-refractivity contribution in [2.24, 2.45) is 0 Å². The lowest BCUT2D eigenvalue weighted by Gasteiger charge is -2.16. The maximum atomic E-state index is 13.0. The summed E-state index contributed by atoms with van der Waals surface area (Å²) >= 11 is 0. The first kappa shape index (κ1) is 20.8. The lowest BCUT2D eigenvalue weighted by atomic mass is 10.1. The van der Waals surface area contributed by atoms with Gasteiger partial charge in [0.2, 0.25) is 0 Å². The van der Waals surface area contributed by atoms with Gasteiger partial charge in [0.15, 0.2) is 0 Å². The summed E-state index contributed by atoms with van der Waals surface area (Å²) in [5.41, 5.74) is 1.51. The van der Waals surface area contributed by atoms with Crippen LogP contribution in [0.25, 0.3) is 0 Å². The fourth-order valence-corrected chi connectivity index (χ4v) is 3.46. The van der Waals surface area contributed by atoms with Crippen LogP contribution in [-0.2, 0) is 4.74 Å². The molecule has 0 aromatic heterocycles. The fraction of sp³-hybridized carbons (Fsp3) is 0.0833. The number of imide groups is 1. The van der Waals surface area contributed by atoms with E-state index in [1.165, 1.54) is 38.5 Å². The van der Waals surface area contributed by atoms with E-state index >= 15 is 0 Å². The molecule has 0 radical (unpaired) electrons. The van der Waals surface area contributed by atoms with Gasteiger partial charge < -0.3 is 14.8 Å². The van der Waals surface area contributed by atoms with Crippen LogP contribution in [-0.4, -0.2) is 37.9 Å². The SMILES string of the molecule is COC(=O)c1cccc(NC(=O)c2ccc3c(c2)C(=O)N(c2ccccc2OC)C3=O)c1. The highest BCUT2D eigenvalue weighted by molar-refractivity contribution is 6.35. The van der Waals surface area contributed by atoms with Crippen LogP contribution in [0.4, 0.5) is 11.4 Å². The molecular formula is C24H18N2O6. The molecule has 0 saturated heterocycles. The lowest BCUT2D eigenvalue weighted by Crippen LogP contribution is -2.29. The van der Waals surface area contributed by atoms with Crippen LogP contribution in [0.1, 0.15) is 41.4 Å². The number of benzene rings is 3. The van der Waals surface area contributed by atoms with Crippen LogP contribution < -0.4 is 15.0 Å². The van der Waals surface area contributed by atoms with E-state index in [2.05, 4.69) is 10.1 Å². The van der Waals surface area contributed by atoms with Gasteiger partial charge in [0.1, 0.15) is 5.75 Å². The number of ether oxygens (including phenoxy) is 2. The minimum Gasteiger partial charge on any atom is -0.495 e. The highest BCUT2D eigenvalue weighted by Gasteiger charge is 2.38. The molecule has 1 N–H and O–H groups in total. The molecule has 32 heavy (non-hydrogen) atoms. The van der Waals surface area contributed by atoms with Gasteiger partial charge in [0.05, 0.1) is 36.6 Å². The van der Waals surface area contributed by atoms with Gasteiger partial charge in [0, 0.05) is 11.3 Å². The smallest absolute Gasteiger partial charge is 0.337 e. The molecule has 0 saturated carbocycles. The number of esters is 1. The zero-order chi connectivity index (χ0) is 22.8. The number of fused-ring (bicyclic) bond motifs is 1. The summed E-state index contributed by atoms with van der Waals surface area (Å²) < 4.78 is 9.95. The van der Waals surface area contributed by atoms with Gasteiger partial charge in [-0.3, -0.25) is 14.4 Å². The molecule has 8 nitrogen and oxygen atoms in total. The monoisotopic (exact) mass is 430 g/mol. The number of hydrogen-bond acceptors (Lipinski definition) is 6. The number of hydrogen-bond donors (Lipinski definition) is 1. The van der Waals surface area contributed by atoms with E-state index in [1.54, 1.807) is 42.5 Å². The summed E-state index contributed by atoms with van der Waals surface area (Å²) in [5, 5.41) is 2.68. The Morgan fingerprint density at radius 3 is 2.31 bits per heavy atom. The van der Waals surface area contributed by atoms with Crippen molar-refractivity contribution < 1.29 is 28.7 Å². The predicted octanol–water partition coefficient (Wildman–Crippen LogP) is 3.53. The number of para-hydroxylation sites is 2. The average Bonchev–Trinajstić information content (AvgIpc) is 3.07. The zero-order valence-electron chi connectivity index (χ0n) is 17.2. The van der Waals surface area contributed by atoms with Crippen molar-refractivity contribution >= 4 is 35.1 Å². The maximum absolute atomic E-state index is 13.0. The van der Waals surface area contributed by atoms with E-state index in [-0.39, 0.29) is 22.3 Å². The third kappa shape index (κ3) is 3.58. The lowest BCUT2D eigenvalue weighted by molar-refractivity contribution is 0.0600. The van der Waals surface area contributed by atoms with Gasteiger partial charge >= 0.3 is 5.97 Å². The Hall–Kier alpha value is -4.46. The van der Waals surface area contributed by atoms with E-state index < -0.39 is 23.7 Å². The molecule has 4 rings (SSSR count). The number of nitrogens with zero attached hydrogens (tertiary/aromatic N) is 1. The first-order valence-electron chi connectivity index (χ1n) is 9.60. The molecule has 160 valence electrons. The molecule has 0 atom stereocenters. The van der Waals surface area contributed by atoms with Crippen molar-refractivity contribution in [1.82, 2.24) is 0 Å². The number of amides is 3. The molecule has 0 fully saturated rings. The van der Waals surface area contributed by atoms with E-state index in [4.69, 9.17) is 4.74 Å². The summed E-state index contributed by atoms with van der Waals surface area (Å²) in [6.07, 6.45) is 0. The summed E-state index contributed by atoms with van der Waals surface area (Å²) in [6, 6.07) is 17.3. The molecular weight excluding hydrogens is 412 g/mol. The summed E-state index contributed by atoms with van der Waals surface area (Å²) in [6.45, 7) is 0. The van der Waals surface area contributed by atoms with Gasteiger partial charge in [-0.15, -0.1) is 0 Å². The van der Waals surface area contributed by atoms with Crippen molar-refractivity contribution in [2.75, 3.05) is 24.4 Å². The largest absolute Gasteiger partial charge is 0.495 e. The number of methoxy groups -OCH3 is 2. The van der Waals surface area contributed by atoms with E-state index in [0.29, 0.717) is 17.1 Å². The Bertz CT molecular complexity index is 1270. The summed E-state index contributed by atoms with van der Waals surface area (Å²) in [4.78, 5) is 51.4. The molecule has 3 aromatic carbocycles. The van der Waals surface area contributed by atoms with Gasteiger partial charge in [-0.1, -0.05) is 18.2 Å². The first-order chi connectivity index (χ1) is 15.4. The van der Waals surface area contributed by atoms with Crippen LogP contribution in [0.5, 0.6) is 5.75 Å². The predicted molar refractivity (Wildman–Crippen MR) is 116 cm³/mol. The minimum atomic E-state index is -0.545. The van der Waals surface area contributed by atoms with Crippen molar-refractivity contribution in [1.29, 1.82) is 0 Å². The zero-order valence-corrected chi connectivity index (χ0v) is 17.2. The van der Waals surface area contributed by atoms with Gasteiger partial charge in [-0.2, -0.15) is 0 Å². The Morgan fingerprint density at radius 1 is 0.812 bits per heavy atom. The third-order valence-electron chi connectivity index (χ3n) is 5.02. The molecule has 1 aliphatic rings. The molecule has 0 aliphatic carbocycles. The molecule has 8 heteroatoms. The van der Waals surface area contributed by atoms with Crippen molar-refractivity contribution in [3.05, 3.63) is 89.0 Å². The molecule has 1 aliphatic heterocycles. The third-order valence-corrected chi connectivity index (χ3v) is 5.02. The Kier molecular flexibility index (Phi) is 5.43. The molecule has 0 unspecified atom stereocenters. The average molecular weight is 430 g/mol. The normalized spacial score (nSPS) is 12.4. The van der Waals surface area contributed by atoms with E-state index in [1.807, 2.05) is 0 Å². The summed E-state index contributed by atoms with van der Waals surface area (Å²) in [7, 11) is 2.72. The van der Waals surface area contributed by atoms with Crippen LogP contribution in [0, 0.1) is 0 Å². The Labute approximate surface area is 183 Å². The second kappa shape index (κ2) is 8.35. The Balaban J connectivity index is 1.62. The quantitative estimate of drug-likeness (QED) is 0.491. The van der Waals surface area contributed by atoms with E-state index in [0.717, 1.165) is 4.90 Å². The molecule has 1 heterocycles. The van der Waals surface area contributed by atoms with Gasteiger partial charge in [0.25, 0.3) is 17.7 Å². The Morgan fingerprint density at radius 2 is 1.56 bits per heavy atom. The summed E-state index contributed by atoms with van der Waals surface area (Å²) in [5.74, 6) is -1.68. The topological polar surface area (TPSA) is 102 Å². The van der Waals surface area contributed by atoms with Crippen LogP contribution >= 0.6 is 0 Å². The van der Waals surface area contributed by atoms with Crippen molar-refractivity contribution in [2.45, 2.75) is 0 Å². The molecule has 0 spiro atoms. The second-order valence-corrected chi connectivity index (χ2v) is 6.90. The van der Waals surface area contributed by atoms with Crippen molar-refractivity contribution in [3.8, 4) is 5.75 Å². The highest BCUT2D eigenvalue weighted by atomic mass is 16.5.